The quantitative estimate of drug-likeness (QED) is 0.282. The van der Waals surface area contributed by atoms with Gasteiger partial charge in [-0.15, -0.1) is 0 Å². The number of aromatic nitrogens is 3. The van der Waals surface area contributed by atoms with Crippen LogP contribution in [0.5, 0.6) is 0 Å². The van der Waals surface area contributed by atoms with E-state index in [-0.39, 0.29) is 40.2 Å². The lowest BCUT2D eigenvalue weighted by molar-refractivity contribution is 0.112. The fourth-order valence-electron chi connectivity index (χ4n) is 3.24. The highest BCUT2D eigenvalue weighted by atomic mass is 19.1. The van der Waals surface area contributed by atoms with Crippen molar-refractivity contribution in [3.63, 3.8) is 0 Å². The van der Waals surface area contributed by atoms with Gasteiger partial charge in [-0.1, -0.05) is 0 Å². The van der Waals surface area contributed by atoms with E-state index in [9.17, 15) is 18.8 Å². The molecule has 3 aromatic rings. The van der Waals surface area contributed by atoms with Gasteiger partial charge in [-0.25, -0.2) is 13.8 Å². The van der Waals surface area contributed by atoms with Gasteiger partial charge < -0.3 is 21.7 Å². The predicted octanol–water partition coefficient (Wildman–Crippen LogP) is 2.97. The number of halogens is 2. The van der Waals surface area contributed by atoms with E-state index in [4.69, 9.17) is 11.5 Å². The third-order valence-electron chi connectivity index (χ3n) is 4.99. The van der Waals surface area contributed by atoms with Gasteiger partial charge in [0.15, 0.2) is 12.1 Å². The molecule has 0 aliphatic heterocycles. The molecule has 10 nitrogen and oxygen atoms in total. The fraction of sp³-hybridized carbons (Fsp3) is 0.182. The molecule has 3 rings (SSSR count). The van der Waals surface area contributed by atoms with Crippen LogP contribution in [0, 0.1) is 29.9 Å². The van der Waals surface area contributed by atoms with Crippen LogP contribution in [0.4, 0.5) is 37.7 Å². The number of hydrogen-bond acceptors (Lipinski definition) is 9. The van der Waals surface area contributed by atoms with Crippen LogP contribution in [0.3, 0.4) is 0 Å². The van der Waals surface area contributed by atoms with Gasteiger partial charge in [0, 0.05) is 18.2 Å². The Balaban J connectivity index is 2.15. The van der Waals surface area contributed by atoms with E-state index in [0.717, 1.165) is 18.3 Å². The van der Waals surface area contributed by atoms with Crippen molar-refractivity contribution in [1.82, 2.24) is 15.0 Å². The van der Waals surface area contributed by atoms with Gasteiger partial charge in [-0.2, -0.15) is 15.2 Å². The maximum absolute atomic E-state index is 14.2. The predicted molar refractivity (Wildman–Crippen MR) is 125 cm³/mol. The van der Waals surface area contributed by atoms with E-state index in [1.807, 2.05) is 6.07 Å². The molecule has 0 bridgehead atoms. The van der Waals surface area contributed by atoms with E-state index in [1.165, 1.54) is 12.3 Å². The van der Waals surface area contributed by atoms with Crippen molar-refractivity contribution in [3.8, 4) is 6.07 Å². The fourth-order valence-corrected chi connectivity index (χ4v) is 3.24. The largest absolute Gasteiger partial charge is 0.382 e. The number of benzene rings is 1. The molecule has 0 unspecified atom stereocenters. The third-order valence-corrected chi connectivity index (χ3v) is 4.99. The second-order valence-electron chi connectivity index (χ2n) is 7.28. The van der Waals surface area contributed by atoms with Gasteiger partial charge in [0.05, 0.1) is 29.8 Å². The zero-order valence-corrected chi connectivity index (χ0v) is 18.5. The van der Waals surface area contributed by atoms with Gasteiger partial charge in [-0.3, -0.25) is 9.78 Å². The number of carbonyl (C=O) groups excluding carboxylic acids is 1. The summed E-state index contributed by atoms with van der Waals surface area (Å²) in [6, 6.07) is 4.78. The van der Waals surface area contributed by atoms with Crippen molar-refractivity contribution in [2.75, 3.05) is 28.7 Å². The van der Waals surface area contributed by atoms with Crippen molar-refractivity contribution in [1.29, 1.82) is 5.26 Å². The minimum absolute atomic E-state index is 0.0143. The van der Waals surface area contributed by atoms with Gasteiger partial charge in [0.1, 0.15) is 34.9 Å². The Morgan fingerprint density at radius 3 is 2.71 bits per heavy atom. The molecule has 34 heavy (non-hydrogen) atoms. The average Bonchev–Trinajstić information content (AvgIpc) is 2.79. The first-order chi connectivity index (χ1) is 16.2. The van der Waals surface area contributed by atoms with Crippen molar-refractivity contribution in [3.05, 3.63) is 58.9 Å². The average molecular weight is 465 g/mol. The molecule has 0 amide bonds. The Labute approximate surface area is 194 Å². The van der Waals surface area contributed by atoms with Crippen LogP contribution in [0.25, 0.3) is 0 Å². The summed E-state index contributed by atoms with van der Waals surface area (Å²) in [5.41, 5.74) is 12.3. The molecule has 5 N–H and O–H groups in total. The molecule has 2 heterocycles. The highest BCUT2D eigenvalue weighted by molar-refractivity contribution is 6.05. The summed E-state index contributed by atoms with van der Waals surface area (Å²) in [6.07, 6.45) is 3.01. The van der Waals surface area contributed by atoms with Crippen LogP contribution in [0.2, 0.25) is 0 Å². The number of hydrogen-bond donors (Lipinski definition) is 3. The number of carbonyl (C=O) groups is 1. The van der Waals surface area contributed by atoms with Crippen molar-refractivity contribution < 1.29 is 13.6 Å². The maximum atomic E-state index is 14.2. The van der Waals surface area contributed by atoms with Gasteiger partial charge in [-0.05, 0) is 32.0 Å². The Hall–Kier alpha value is -4.66. The second-order valence-corrected chi connectivity index (χ2v) is 7.28. The van der Waals surface area contributed by atoms with E-state index in [0.29, 0.717) is 17.5 Å². The number of pyridine rings is 1. The van der Waals surface area contributed by atoms with Crippen LogP contribution in [0.1, 0.15) is 28.4 Å². The monoisotopic (exact) mass is 465 g/mol. The zero-order valence-electron chi connectivity index (χ0n) is 18.5. The number of aldehydes is 1. The number of nitrogens with one attached hydrogen (secondary N) is 1. The number of amidine groups is 1. The topological polar surface area (TPSA) is 159 Å². The molecule has 0 radical (unpaired) electrons. The Morgan fingerprint density at radius 2 is 2.03 bits per heavy atom. The third kappa shape index (κ3) is 4.88. The van der Waals surface area contributed by atoms with Crippen LogP contribution < -0.4 is 21.7 Å². The smallest absolute Gasteiger partial charge is 0.224 e. The molecule has 1 aromatic carbocycles. The number of anilines is 4. The summed E-state index contributed by atoms with van der Waals surface area (Å²) in [4.78, 5) is 29.3. The Kier molecular flexibility index (Phi) is 6.96. The summed E-state index contributed by atoms with van der Waals surface area (Å²) in [6.45, 7) is 3.27. The Morgan fingerprint density at radius 1 is 1.29 bits per heavy atom. The molecule has 0 saturated heterocycles. The highest BCUT2D eigenvalue weighted by Gasteiger charge is 2.23. The molecule has 0 aliphatic carbocycles. The number of nitrogen functional groups attached to an aromatic ring is 2. The molecular weight excluding hydrogens is 444 g/mol. The zero-order chi connectivity index (χ0) is 25.0. The van der Waals surface area contributed by atoms with E-state index in [2.05, 4.69) is 25.3 Å². The molecule has 12 heteroatoms. The molecule has 0 aliphatic rings. The lowest BCUT2D eigenvalue weighted by atomic mass is 10.1. The minimum atomic E-state index is -0.696. The lowest BCUT2D eigenvalue weighted by Crippen LogP contribution is -2.40. The summed E-state index contributed by atoms with van der Waals surface area (Å²) < 4.78 is 27.9. The van der Waals surface area contributed by atoms with Crippen molar-refractivity contribution >= 4 is 41.1 Å². The number of nitriles is 1. The molecule has 0 saturated carbocycles. The normalized spacial score (nSPS) is 12.1. The molecule has 1 atom stereocenters. The maximum Gasteiger partial charge on any atom is 0.224 e. The SMILES string of the molecule is Cc1c(F)cncc1N(C)C(=Nc1ccc(F)cc1C=O)[C@H](C)Nc1nc(N)nc(N)c1C#N. The number of rotatable bonds is 6. The summed E-state index contributed by atoms with van der Waals surface area (Å²) in [5, 5.41) is 12.5. The van der Waals surface area contributed by atoms with Gasteiger partial charge >= 0.3 is 0 Å². The molecular formula is C22H21F2N9O. The van der Waals surface area contributed by atoms with E-state index in [1.54, 1.807) is 25.8 Å². The van der Waals surface area contributed by atoms with Gasteiger partial charge in [0.25, 0.3) is 0 Å². The van der Waals surface area contributed by atoms with Crippen LogP contribution in [-0.4, -0.2) is 40.2 Å². The van der Waals surface area contributed by atoms with E-state index < -0.39 is 17.7 Å². The van der Waals surface area contributed by atoms with E-state index >= 15 is 0 Å². The standard InChI is InChI=1S/C22H21F2N9O/c1-11-16(24)8-28-9-18(11)33(3)21(30-17-5-4-14(23)6-13(17)10-34)12(2)29-20-15(7-25)19(26)31-22(27)32-20/h4-6,8-10,12H,1-3H3,(H5,26,27,29,31,32)/t12-/m0/s1. The first kappa shape index (κ1) is 24.0. The highest BCUT2D eigenvalue weighted by Crippen LogP contribution is 2.26. The molecule has 0 fully saturated rings. The first-order valence-electron chi connectivity index (χ1n) is 9.93. The first-order valence-corrected chi connectivity index (χ1v) is 9.93. The van der Waals surface area contributed by atoms with Crippen molar-refractivity contribution in [2.45, 2.75) is 19.9 Å². The minimum Gasteiger partial charge on any atom is -0.382 e. The summed E-state index contributed by atoms with van der Waals surface area (Å²) >= 11 is 0. The second kappa shape index (κ2) is 9.86. The lowest BCUT2D eigenvalue weighted by Gasteiger charge is -2.28. The van der Waals surface area contributed by atoms with Crippen LogP contribution >= 0.6 is 0 Å². The summed E-state index contributed by atoms with van der Waals surface area (Å²) in [5.74, 6) is -1.05. The van der Waals surface area contributed by atoms with Gasteiger partial charge in [0.2, 0.25) is 5.95 Å². The Bertz CT molecular complexity index is 1320. The molecule has 174 valence electrons. The summed E-state index contributed by atoms with van der Waals surface area (Å²) in [7, 11) is 1.62. The van der Waals surface area contributed by atoms with Crippen molar-refractivity contribution in [2.24, 2.45) is 4.99 Å². The number of nitrogens with two attached hydrogens (primary N) is 2. The molecule has 2 aromatic heterocycles. The number of aliphatic imine (C=N–C) groups is 1. The van der Waals surface area contributed by atoms with Crippen LogP contribution in [-0.2, 0) is 0 Å². The number of likely N-dealkylation sites (N-methyl/N-ethyl adjacent to an activating group) is 1. The molecule has 0 spiro atoms. The van der Waals surface area contributed by atoms with Crippen LogP contribution in [0.15, 0.2) is 35.6 Å². The number of nitrogens with zero attached hydrogens (tertiary/aromatic N) is 6.